The van der Waals surface area contributed by atoms with Crippen LogP contribution < -0.4 is 0 Å². The van der Waals surface area contributed by atoms with Crippen molar-refractivity contribution < 1.29 is 18.7 Å². The van der Waals surface area contributed by atoms with Gasteiger partial charge in [0, 0.05) is 37.0 Å². The van der Waals surface area contributed by atoms with Crippen molar-refractivity contribution in [2.24, 2.45) is 5.41 Å². The summed E-state index contributed by atoms with van der Waals surface area (Å²) in [6.45, 7) is 4.30. The summed E-state index contributed by atoms with van der Waals surface area (Å²) in [6, 6.07) is 7.40. The second-order valence-electron chi connectivity index (χ2n) is 8.48. The van der Waals surface area contributed by atoms with Crippen LogP contribution >= 0.6 is 0 Å². The number of hydrogen-bond donors (Lipinski definition) is 0. The predicted octanol–water partition coefficient (Wildman–Crippen LogP) is 3.07. The molecule has 3 fully saturated rings. The molecule has 28 heavy (non-hydrogen) atoms. The van der Waals surface area contributed by atoms with Crippen LogP contribution in [0.3, 0.4) is 0 Å². The Morgan fingerprint density at radius 1 is 1.11 bits per heavy atom. The van der Waals surface area contributed by atoms with Crippen LogP contribution in [0, 0.1) is 5.41 Å². The van der Waals surface area contributed by atoms with E-state index in [1.165, 1.54) is 12.8 Å². The molecule has 6 heteroatoms. The Bertz CT molecular complexity index is 891. The van der Waals surface area contributed by atoms with Crippen LogP contribution in [0.15, 0.2) is 34.9 Å². The van der Waals surface area contributed by atoms with Crippen LogP contribution in [0.5, 0.6) is 0 Å². The highest BCUT2D eigenvalue weighted by molar-refractivity contribution is 5.98. The maximum absolute atomic E-state index is 12.9. The maximum atomic E-state index is 12.9. The Labute approximate surface area is 164 Å². The molecule has 1 spiro atoms. The molecule has 0 bridgehead atoms. The van der Waals surface area contributed by atoms with E-state index >= 15 is 0 Å². The zero-order valence-electron chi connectivity index (χ0n) is 16.1. The predicted molar refractivity (Wildman–Crippen MR) is 104 cm³/mol. The first-order valence-electron chi connectivity index (χ1n) is 10.3. The second kappa shape index (κ2) is 6.92. The largest absolute Gasteiger partial charge is 0.464 e. The van der Waals surface area contributed by atoms with Crippen molar-refractivity contribution in [1.29, 1.82) is 0 Å². The quantitative estimate of drug-likeness (QED) is 0.764. The van der Waals surface area contributed by atoms with E-state index in [2.05, 4.69) is 4.90 Å². The number of rotatable bonds is 3. The lowest BCUT2D eigenvalue weighted by Gasteiger charge is -2.36. The Kier molecular flexibility index (Phi) is 4.38. The molecule has 0 aliphatic carbocycles. The molecule has 1 unspecified atom stereocenters. The average molecular weight is 382 g/mol. The van der Waals surface area contributed by atoms with Crippen LogP contribution in [0.25, 0.3) is 11.0 Å². The van der Waals surface area contributed by atoms with E-state index in [4.69, 9.17) is 9.15 Å². The molecule has 0 saturated carbocycles. The molecule has 3 saturated heterocycles. The number of hydrogen-bond acceptors (Lipinski definition) is 5. The minimum absolute atomic E-state index is 0.0105. The Morgan fingerprint density at radius 3 is 2.68 bits per heavy atom. The minimum atomic E-state index is -0.393. The van der Waals surface area contributed by atoms with Gasteiger partial charge < -0.3 is 14.1 Å². The fourth-order valence-electron chi connectivity index (χ4n) is 5.02. The molecule has 3 aliphatic rings. The number of furan rings is 1. The number of nitrogens with zero attached hydrogens (tertiary/aromatic N) is 2. The van der Waals surface area contributed by atoms with Crippen LogP contribution in [-0.4, -0.2) is 60.5 Å². The molecular weight excluding hydrogens is 356 g/mol. The molecule has 6 nitrogen and oxygen atoms in total. The molecular formula is C22H26N2O4. The molecule has 5 rings (SSSR count). The highest BCUT2D eigenvalue weighted by Crippen LogP contribution is 2.43. The van der Waals surface area contributed by atoms with Gasteiger partial charge in [0.1, 0.15) is 11.7 Å². The monoisotopic (exact) mass is 382 g/mol. The minimum Gasteiger partial charge on any atom is -0.464 e. The molecule has 4 heterocycles. The van der Waals surface area contributed by atoms with Gasteiger partial charge in [-0.3, -0.25) is 14.5 Å². The van der Waals surface area contributed by atoms with E-state index in [0.29, 0.717) is 31.5 Å². The third kappa shape index (κ3) is 3.09. The number of fused-ring (bicyclic) bond motifs is 1. The molecule has 148 valence electrons. The zero-order chi connectivity index (χ0) is 19.1. The van der Waals surface area contributed by atoms with Gasteiger partial charge in [0.2, 0.25) is 0 Å². The van der Waals surface area contributed by atoms with Crippen molar-refractivity contribution in [3.05, 3.63) is 36.1 Å². The summed E-state index contributed by atoms with van der Waals surface area (Å²) in [5.74, 6) is -0.0263. The SMILES string of the molecule is O=C(c1ccc2occc2c1)N1CCC2(CC1)CC(CN1CCCC1)OC2=O. The van der Waals surface area contributed by atoms with Crippen molar-refractivity contribution in [3.63, 3.8) is 0 Å². The van der Waals surface area contributed by atoms with Crippen molar-refractivity contribution in [1.82, 2.24) is 9.80 Å². The standard InChI is InChI=1S/C22H26N2O4/c25-20(17-3-4-19-16(13-17)5-12-27-19)24-10-6-22(7-11-24)14-18(28-21(22)26)15-23-8-1-2-9-23/h3-5,12-13,18H,1-2,6-11,14-15H2. The van der Waals surface area contributed by atoms with E-state index in [0.717, 1.165) is 37.0 Å². The van der Waals surface area contributed by atoms with Crippen LogP contribution in [0.4, 0.5) is 0 Å². The van der Waals surface area contributed by atoms with Crippen molar-refractivity contribution in [2.45, 2.75) is 38.2 Å². The molecule has 1 atom stereocenters. The lowest BCUT2D eigenvalue weighted by atomic mass is 9.76. The van der Waals surface area contributed by atoms with Crippen molar-refractivity contribution in [3.8, 4) is 0 Å². The molecule has 1 amide bonds. The highest BCUT2D eigenvalue weighted by atomic mass is 16.6. The number of carbonyl (C=O) groups excluding carboxylic acids is 2. The Balaban J connectivity index is 1.22. The van der Waals surface area contributed by atoms with E-state index in [-0.39, 0.29) is 18.0 Å². The fraction of sp³-hybridized carbons (Fsp3) is 0.545. The number of benzene rings is 1. The maximum Gasteiger partial charge on any atom is 0.312 e. The first-order valence-corrected chi connectivity index (χ1v) is 10.3. The van der Waals surface area contributed by atoms with E-state index < -0.39 is 5.41 Å². The molecule has 1 aromatic heterocycles. The van der Waals surface area contributed by atoms with E-state index in [1.54, 1.807) is 6.26 Å². The number of piperidine rings is 1. The zero-order valence-corrected chi connectivity index (χ0v) is 16.1. The van der Waals surface area contributed by atoms with Gasteiger partial charge in [-0.05, 0) is 63.0 Å². The third-order valence-electron chi connectivity index (χ3n) is 6.69. The lowest BCUT2D eigenvalue weighted by Crippen LogP contribution is -2.45. The number of cyclic esters (lactones) is 1. The fourth-order valence-corrected chi connectivity index (χ4v) is 5.02. The summed E-state index contributed by atoms with van der Waals surface area (Å²) in [7, 11) is 0. The number of likely N-dealkylation sites (tertiary alicyclic amines) is 2. The van der Waals surface area contributed by atoms with Gasteiger partial charge in [0.25, 0.3) is 5.91 Å². The third-order valence-corrected chi connectivity index (χ3v) is 6.69. The van der Waals surface area contributed by atoms with Crippen molar-refractivity contribution in [2.75, 3.05) is 32.7 Å². The Hall–Kier alpha value is -2.34. The summed E-state index contributed by atoms with van der Waals surface area (Å²) < 4.78 is 11.1. The van der Waals surface area contributed by atoms with Crippen LogP contribution in [-0.2, 0) is 9.53 Å². The summed E-state index contributed by atoms with van der Waals surface area (Å²) >= 11 is 0. The van der Waals surface area contributed by atoms with E-state index in [9.17, 15) is 9.59 Å². The molecule has 2 aromatic rings. The first kappa shape index (κ1) is 17.7. The highest BCUT2D eigenvalue weighted by Gasteiger charge is 2.51. The van der Waals surface area contributed by atoms with Crippen LogP contribution in [0.2, 0.25) is 0 Å². The molecule has 0 N–H and O–H groups in total. The topological polar surface area (TPSA) is 63.0 Å². The van der Waals surface area contributed by atoms with Gasteiger partial charge >= 0.3 is 5.97 Å². The number of esters is 1. The smallest absolute Gasteiger partial charge is 0.312 e. The molecule has 3 aliphatic heterocycles. The number of ether oxygens (including phenoxy) is 1. The first-order chi connectivity index (χ1) is 13.6. The van der Waals surface area contributed by atoms with Gasteiger partial charge in [-0.1, -0.05) is 0 Å². The molecule has 1 aromatic carbocycles. The summed E-state index contributed by atoms with van der Waals surface area (Å²) in [6.07, 6.45) is 6.32. The summed E-state index contributed by atoms with van der Waals surface area (Å²) in [4.78, 5) is 29.8. The second-order valence-corrected chi connectivity index (χ2v) is 8.48. The van der Waals surface area contributed by atoms with Crippen molar-refractivity contribution >= 4 is 22.8 Å². The number of amides is 1. The van der Waals surface area contributed by atoms with Crippen LogP contribution in [0.1, 0.15) is 42.5 Å². The summed E-state index contributed by atoms with van der Waals surface area (Å²) in [5.41, 5.74) is 1.06. The Morgan fingerprint density at radius 2 is 1.89 bits per heavy atom. The van der Waals surface area contributed by atoms with E-state index in [1.807, 2.05) is 29.2 Å². The van der Waals surface area contributed by atoms with Gasteiger partial charge in [-0.2, -0.15) is 0 Å². The molecule has 0 radical (unpaired) electrons. The lowest BCUT2D eigenvalue weighted by molar-refractivity contribution is -0.150. The summed E-state index contributed by atoms with van der Waals surface area (Å²) in [5, 5.41) is 0.934. The normalized spacial score (nSPS) is 24.9. The van der Waals surface area contributed by atoms with Gasteiger partial charge in [0.05, 0.1) is 11.7 Å². The van der Waals surface area contributed by atoms with Gasteiger partial charge in [-0.25, -0.2) is 0 Å². The number of carbonyl (C=O) groups is 2. The van der Waals surface area contributed by atoms with Gasteiger partial charge in [0.15, 0.2) is 0 Å². The van der Waals surface area contributed by atoms with Gasteiger partial charge in [-0.15, -0.1) is 0 Å². The average Bonchev–Trinajstić information content (AvgIpc) is 3.43.